The van der Waals surface area contributed by atoms with Crippen LogP contribution in [0.15, 0.2) is 60.7 Å². The van der Waals surface area contributed by atoms with Crippen molar-refractivity contribution in [1.29, 1.82) is 0 Å². The van der Waals surface area contributed by atoms with E-state index in [0.29, 0.717) is 0 Å². The summed E-state index contributed by atoms with van der Waals surface area (Å²) in [5.41, 5.74) is 6.29. The van der Waals surface area contributed by atoms with Gasteiger partial charge >= 0.3 is 17.1 Å². The summed E-state index contributed by atoms with van der Waals surface area (Å²) in [4.78, 5) is 0. The first kappa shape index (κ1) is 31.3. The van der Waals surface area contributed by atoms with E-state index < -0.39 is 0 Å². The van der Waals surface area contributed by atoms with Gasteiger partial charge in [-0.05, 0) is 74.2 Å². The number of rotatable bonds is 6. The fourth-order valence-corrected chi connectivity index (χ4v) is 8.53. The maximum absolute atomic E-state index is 5.43. The predicted octanol–water partition coefficient (Wildman–Crippen LogP) is 7.37. The molecule has 2 fully saturated rings. The monoisotopic (exact) mass is 495 g/mol. The minimum atomic E-state index is -0.229. The van der Waals surface area contributed by atoms with Gasteiger partial charge in [-0.3, -0.25) is 0 Å². The smallest absolute Gasteiger partial charge is 0.358 e. The molecule has 32 heavy (non-hydrogen) atoms. The van der Waals surface area contributed by atoms with Gasteiger partial charge in [0.25, 0.3) is 0 Å². The van der Waals surface area contributed by atoms with Crippen molar-refractivity contribution in [2.24, 2.45) is 23.5 Å². The topological polar surface area (TPSA) is 26.0 Å². The molecule has 180 valence electrons. The van der Waals surface area contributed by atoms with Crippen LogP contribution in [0.25, 0.3) is 0 Å². The van der Waals surface area contributed by atoms with Gasteiger partial charge in [-0.25, -0.2) is 0 Å². The third-order valence-corrected chi connectivity index (χ3v) is 10.1. The molecule has 0 radical (unpaired) electrons. The molecule has 0 aromatic heterocycles. The zero-order valence-electron chi connectivity index (χ0n) is 20.8. The first-order valence-electron chi connectivity index (χ1n) is 11.8. The molecule has 0 spiro atoms. The van der Waals surface area contributed by atoms with Gasteiger partial charge in [0.15, 0.2) is 0 Å². The second-order valence-electron chi connectivity index (χ2n) is 8.97. The van der Waals surface area contributed by atoms with Crippen LogP contribution in [0, 0.1) is 32.6 Å². The third-order valence-electron chi connectivity index (χ3n) is 7.11. The van der Waals surface area contributed by atoms with E-state index >= 15 is 0 Å². The summed E-state index contributed by atoms with van der Waals surface area (Å²) in [5, 5.41) is 3.12. The van der Waals surface area contributed by atoms with Crippen molar-refractivity contribution >= 4 is 18.5 Å². The summed E-state index contributed by atoms with van der Waals surface area (Å²) in [6, 6.07) is 22.5. The van der Waals surface area contributed by atoms with Crippen LogP contribution in [0.4, 0.5) is 0 Å². The van der Waals surface area contributed by atoms with Crippen LogP contribution in [0.1, 0.15) is 65.2 Å². The van der Waals surface area contributed by atoms with Crippen LogP contribution >= 0.6 is 7.92 Å². The van der Waals surface area contributed by atoms with Crippen molar-refractivity contribution < 1.29 is 17.1 Å². The van der Waals surface area contributed by atoms with Crippen LogP contribution in [0.5, 0.6) is 0 Å². The third kappa shape index (κ3) is 8.61. The molecule has 2 unspecified atom stereocenters. The molecule has 4 rings (SSSR count). The van der Waals surface area contributed by atoms with E-state index in [1.54, 1.807) is 10.6 Å². The Morgan fingerprint density at radius 1 is 0.812 bits per heavy atom. The van der Waals surface area contributed by atoms with Crippen molar-refractivity contribution in [2.45, 2.75) is 70.9 Å². The molecule has 3 heteroatoms. The Hall–Kier alpha value is -0.651. The Morgan fingerprint density at radius 3 is 1.72 bits per heavy atom. The Bertz CT molecular complexity index is 647. The number of benzene rings is 2. The van der Waals surface area contributed by atoms with Crippen molar-refractivity contribution in [2.75, 3.05) is 6.54 Å². The molecule has 0 amide bonds. The first-order valence-corrected chi connectivity index (χ1v) is 13.2. The predicted molar refractivity (Wildman–Crippen MR) is 143 cm³/mol. The molecule has 2 saturated carbocycles. The molecule has 2 aromatic rings. The van der Waals surface area contributed by atoms with E-state index in [2.05, 4.69) is 74.5 Å². The van der Waals surface area contributed by atoms with Gasteiger partial charge in [0, 0.05) is 0 Å². The van der Waals surface area contributed by atoms with Crippen molar-refractivity contribution in [3.63, 3.8) is 0 Å². The average Bonchev–Trinajstić information content (AvgIpc) is 3.48. The quantitative estimate of drug-likeness (QED) is 0.253. The van der Waals surface area contributed by atoms with Gasteiger partial charge in [-0.1, -0.05) is 100 Å². The summed E-state index contributed by atoms with van der Waals surface area (Å²) in [6.07, 6.45) is 11.2. The summed E-state index contributed by atoms with van der Waals surface area (Å²) >= 11 is 0. The summed E-state index contributed by atoms with van der Waals surface area (Å²) in [7, 11) is -0.229. The van der Waals surface area contributed by atoms with Gasteiger partial charge in [-0.15, -0.1) is 0 Å². The molecule has 2 aliphatic carbocycles. The summed E-state index contributed by atoms with van der Waals surface area (Å²) < 4.78 is 0. The maximum Gasteiger partial charge on any atom is 2.00 e. The van der Waals surface area contributed by atoms with Crippen LogP contribution in [0.3, 0.4) is 0 Å². The van der Waals surface area contributed by atoms with Crippen molar-refractivity contribution in [3.8, 4) is 0 Å². The Labute approximate surface area is 211 Å². The van der Waals surface area contributed by atoms with E-state index in [9.17, 15) is 0 Å². The molecular formula is C29H46FeNP. The standard InChI is InChI=1S/C21H27P.C6H13N.2CH3.Fe/c1-3-17(2)20-15-10-16-21(20)22(18-11-6-4-7-12-18)19-13-8-5-9-14-19;7-5-6-3-1-2-4-6;;;/h4-9,11-14,17,20-21H,3,10,15-16H2,1-2H3;6H,1-5,7H2;2*1H3;/q;;2*-1;+2/t17-,20?,21?;;;;/m0..../s1. The fraction of sp³-hybridized carbons (Fsp3) is 0.517. The minimum Gasteiger partial charge on any atom is -0.358 e. The first-order chi connectivity index (χ1) is 14.2. The summed E-state index contributed by atoms with van der Waals surface area (Å²) in [6.45, 7) is 5.74. The normalized spacial score (nSPS) is 20.9. The Balaban J connectivity index is 0.000000831. The van der Waals surface area contributed by atoms with Crippen molar-refractivity contribution in [3.05, 3.63) is 75.5 Å². The second kappa shape index (κ2) is 16.9. The zero-order valence-corrected chi connectivity index (χ0v) is 22.8. The number of nitrogens with two attached hydrogens (primary N) is 1. The van der Waals surface area contributed by atoms with Crippen LogP contribution in [-0.2, 0) is 17.1 Å². The number of hydrogen-bond acceptors (Lipinski definition) is 1. The van der Waals surface area contributed by atoms with Gasteiger partial charge < -0.3 is 20.6 Å². The molecule has 2 N–H and O–H groups in total. The SMILES string of the molecule is CC[C@H](C)C1CCCC1P(c1ccccc1)c1ccccc1.NCC1CCCC1.[CH3-].[CH3-].[Fe+2]. The Morgan fingerprint density at radius 2 is 1.31 bits per heavy atom. The molecule has 3 atom stereocenters. The molecular weight excluding hydrogens is 449 g/mol. The van der Waals surface area contributed by atoms with Gasteiger partial charge in [-0.2, -0.15) is 0 Å². The van der Waals surface area contributed by atoms with E-state index in [-0.39, 0.29) is 39.8 Å². The van der Waals surface area contributed by atoms with Gasteiger partial charge in [0.05, 0.1) is 0 Å². The fourth-order valence-electron chi connectivity index (χ4n) is 5.21. The summed E-state index contributed by atoms with van der Waals surface area (Å²) in [5.74, 6) is 2.63. The van der Waals surface area contributed by atoms with Gasteiger partial charge in [0.2, 0.25) is 0 Å². The molecule has 2 aromatic carbocycles. The van der Waals surface area contributed by atoms with E-state index in [4.69, 9.17) is 5.73 Å². The maximum atomic E-state index is 5.43. The second-order valence-corrected chi connectivity index (χ2v) is 11.4. The molecule has 1 nitrogen and oxygen atoms in total. The van der Waals surface area contributed by atoms with E-state index in [1.807, 2.05) is 0 Å². The molecule has 2 aliphatic rings. The molecule has 0 heterocycles. The van der Waals surface area contributed by atoms with Gasteiger partial charge in [0.1, 0.15) is 0 Å². The number of hydrogen-bond donors (Lipinski definition) is 1. The zero-order chi connectivity index (χ0) is 20.5. The molecule has 0 saturated heterocycles. The van der Waals surface area contributed by atoms with Crippen LogP contribution in [0.2, 0.25) is 0 Å². The van der Waals surface area contributed by atoms with Crippen molar-refractivity contribution in [1.82, 2.24) is 0 Å². The average molecular weight is 496 g/mol. The van der Waals surface area contributed by atoms with Crippen LogP contribution < -0.4 is 16.3 Å². The molecule has 0 bridgehead atoms. The van der Waals surface area contributed by atoms with E-state index in [1.165, 1.54) is 51.4 Å². The van der Waals surface area contributed by atoms with E-state index in [0.717, 1.165) is 30.0 Å². The van der Waals surface area contributed by atoms with Crippen LogP contribution in [-0.4, -0.2) is 12.2 Å². The largest absolute Gasteiger partial charge is 2.00 e. The minimum absolute atomic E-state index is 0. The molecule has 0 aliphatic heterocycles. The Kier molecular flexibility index (Phi) is 16.5.